The molecule has 1 saturated heterocycles. The summed E-state index contributed by atoms with van der Waals surface area (Å²) in [5.41, 5.74) is 7.51. The van der Waals surface area contributed by atoms with Gasteiger partial charge in [-0.1, -0.05) is 35.9 Å². The Morgan fingerprint density at radius 3 is 2.13 bits per heavy atom. The van der Waals surface area contributed by atoms with Crippen LogP contribution in [0, 0.1) is 11.6 Å². The average Bonchev–Trinajstić information content (AvgIpc) is 2.90. The van der Waals surface area contributed by atoms with Gasteiger partial charge < -0.3 is 10.6 Å². The van der Waals surface area contributed by atoms with Gasteiger partial charge in [0, 0.05) is 43.0 Å². The lowest BCUT2D eigenvalue weighted by Crippen LogP contribution is -2.49. The minimum atomic E-state index is -3.58. The fourth-order valence-corrected chi connectivity index (χ4v) is 6.18. The molecule has 0 aliphatic carbocycles. The van der Waals surface area contributed by atoms with Crippen LogP contribution in [0.4, 0.5) is 20.2 Å². The van der Waals surface area contributed by atoms with Crippen LogP contribution in [-0.2, 0) is 15.8 Å². The second-order valence-electron chi connectivity index (χ2n) is 9.14. The molecule has 2 heterocycles. The van der Waals surface area contributed by atoms with Crippen LogP contribution >= 0.6 is 11.6 Å². The predicted molar refractivity (Wildman–Crippen MR) is 147 cm³/mol. The van der Waals surface area contributed by atoms with Crippen molar-refractivity contribution in [2.75, 3.05) is 36.8 Å². The van der Waals surface area contributed by atoms with Gasteiger partial charge in [0.25, 0.3) is 5.56 Å². The molecule has 4 aromatic rings. The van der Waals surface area contributed by atoms with Crippen molar-refractivity contribution >= 4 is 33.0 Å². The minimum Gasteiger partial charge on any atom is -0.399 e. The van der Waals surface area contributed by atoms with E-state index in [9.17, 15) is 22.0 Å². The van der Waals surface area contributed by atoms with Crippen LogP contribution in [0.5, 0.6) is 0 Å². The summed E-state index contributed by atoms with van der Waals surface area (Å²) in [6.07, 6.45) is 1.45. The molecule has 1 aliphatic heterocycles. The second kappa shape index (κ2) is 10.8. The molecule has 0 radical (unpaired) electrons. The van der Waals surface area contributed by atoms with Gasteiger partial charge in [-0.15, -0.1) is 0 Å². The van der Waals surface area contributed by atoms with E-state index in [0.29, 0.717) is 46.7 Å². The third kappa shape index (κ3) is 5.80. The summed E-state index contributed by atoms with van der Waals surface area (Å²) in [7, 11) is -3.58. The first-order valence-corrected chi connectivity index (χ1v) is 14.0. The van der Waals surface area contributed by atoms with Crippen molar-refractivity contribution in [1.82, 2.24) is 14.1 Å². The first kappa shape index (κ1) is 26.8. The van der Waals surface area contributed by atoms with E-state index in [1.165, 1.54) is 10.5 Å². The van der Waals surface area contributed by atoms with Gasteiger partial charge in [-0.05, 0) is 47.5 Å². The fourth-order valence-electron chi connectivity index (χ4n) is 4.54. The summed E-state index contributed by atoms with van der Waals surface area (Å²) < 4.78 is 56.3. The molecule has 0 amide bonds. The third-order valence-electron chi connectivity index (χ3n) is 6.48. The van der Waals surface area contributed by atoms with Crippen molar-refractivity contribution in [3.63, 3.8) is 0 Å². The zero-order valence-electron chi connectivity index (χ0n) is 20.6. The van der Waals surface area contributed by atoms with Crippen molar-refractivity contribution in [3.8, 4) is 16.8 Å². The van der Waals surface area contributed by atoms with Gasteiger partial charge in [0.2, 0.25) is 10.0 Å². The number of nitrogens with zero attached hydrogens (tertiary/aromatic N) is 4. The standard InChI is InChI=1S/C27H24ClF2N5O3S/c28-20-5-3-19(4-6-20)26-25(16-32-35(27(26)36)24-14-21(29)13-22(30)15-24)33-9-11-34(12-10-33)39(37,38)17-18-1-7-23(31)8-2-18/h1-8,13-16H,9-12,17,31H2. The first-order valence-electron chi connectivity index (χ1n) is 12.0. The second-order valence-corrected chi connectivity index (χ2v) is 11.5. The molecule has 0 saturated carbocycles. The summed E-state index contributed by atoms with van der Waals surface area (Å²) in [6, 6.07) is 16.1. The summed E-state index contributed by atoms with van der Waals surface area (Å²) >= 11 is 6.06. The van der Waals surface area contributed by atoms with Gasteiger partial charge in [-0.25, -0.2) is 17.2 Å². The van der Waals surface area contributed by atoms with Crippen LogP contribution in [-0.4, -0.2) is 48.7 Å². The fraction of sp³-hybridized carbons (Fsp3) is 0.185. The van der Waals surface area contributed by atoms with E-state index in [-0.39, 0.29) is 30.1 Å². The number of hydrogen-bond donors (Lipinski definition) is 1. The Balaban J connectivity index is 1.46. The van der Waals surface area contributed by atoms with Crippen molar-refractivity contribution < 1.29 is 17.2 Å². The Morgan fingerprint density at radius 1 is 0.897 bits per heavy atom. The zero-order valence-corrected chi connectivity index (χ0v) is 22.2. The first-order chi connectivity index (χ1) is 18.6. The van der Waals surface area contributed by atoms with Gasteiger partial charge in [0.05, 0.1) is 28.9 Å². The Bertz CT molecular complexity index is 1650. The van der Waals surface area contributed by atoms with Gasteiger partial charge in [-0.3, -0.25) is 4.79 Å². The van der Waals surface area contributed by atoms with Crippen LogP contribution in [0.25, 0.3) is 16.8 Å². The van der Waals surface area contributed by atoms with Crippen LogP contribution in [0.1, 0.15) is 5.56 Å². The highest BCUT2D eigenvalue weighted by Gasteiger charge is 2.29. The predicted octanol–water partition coefficient (Wildman–Crippen LogP) is 4.07. The summed E-state index contributed by atoms with van der Waals surface area (Å²) in [4.78, 5) is 15.6. The maximum atomic E-state index is 13.9. The molecule has 8 nitrogen and oxygen atoms in total. The third-order valence-corrected chi connectivity index (χ3v) is 8.59. The Hall–Kier alpha value is -3.80. The SMILES string of the molecule is Nc1ccc(CS(=O)(=O)N2CCN(c3cnn(-c4cc(F)cc(F)c4)c(=O)c3-c3ccc(Cl)cc3)CC2)cc1. The van der Waals surface area contributed by atoms with E-state index in [1.807, 2.05) is 4.90 Å². The molecule has 0 bridgehead atoms. The number of aromatic nitrogens is 2. The number of nitrogens with two attached hydrogens (primary N) is 1. The van der Waals surface area contributed by atoms with Crippen molar-refractivity contribution in [2.24, 2.45) is 0 Å². The number of halogens is 3. The van der Waals surface area contributed by atoms with Crippen LogP contribution in [0.3, 0.4) is 0 Å². The summed E-state index contributed by atoms with van der Waals surface area (Å²) in [5.74, 6) is -1.83. The zero-order chi connectivity index (χ0) is 27.7. The highest BCUT2D eigenvalue weighted by atomic mass is 35.5. The highest BCUT2D eigenvalue weighted by Crippen LogP contribution is 2.30. The quantitative estimate of drug-likeness (QED) is 0.350. The molecule has 0 spiro atoms. The molecule has 5 rings (SSSR count). The van der Waals surface area contributed by atoms with E-state index in [4.69, 9.17) is 17.3 Å². The average molecular weight is 572 g/mol. The Labute approximate surface area is 228 Å². The summed E-state index contributed by atoms with van der Waals surface area (Å²) in [5, 5.41) is 4.68. The minimum absolute atomic E-state index is 0.0576. The number of anilines is 2. The van der Waals surface area contributed by atoms with Gasteiger partial charge in [0.15, 0.2) is 0 Å². The maximum Gasteiger partial charge on any atom is 0.281 e. The molecule has 2 N–H and O–H groups in total. The molecule has 1 fully saturated rings. The van der Waals surface area contributed by atoms with E-state index >= 15 is 0 Å². The van der Waals surface area contributed by atoms with E-state index in [2.05, 4.69) is 5.10 Å². The van der Waals surface area contributed by atoms with Crippen molar-refractivity contribution in [3.05, 3.63) is 106 Å². The number of nitrogen functional groups attached to an aromatic ring is 1. The Morgan fingerprint density at radius 2 is 1.51 bits per heavy atom. The van der Waals surface area contributed by atoms with E-state index < -0.39 is 27.2 Å². The maximum absolute atomic E-state index is 13.9. The molecular formula is C27H24ClF2N5O3S. The highest BCUT2D eigenvalue weighted by molar-refractivity contribution is 7.88. The van der Waals surface area contributed by atoms with Crippen molar-refractivity contribution in [1.29, 1.82) is 0 Å². The molecule has 0 unspecified atom stereocenters. The lowest BCUT2D eigenvalue weighted by Gasteiger charge is -2.36. The number of benzene rings is 3. The molecule has 0 atom stereocenters. The van der Waals surface area contributed by atoms with Crippen molar-refractivity contribution in [2.45, 2.75) is 5.75 Å². The molecule has 12 heteroatoms. The van der Waals surface area contributed by atoms with E-state index in [0.717, 1.165) is 16.8 Å². The lowest BCUT2D eigenvalue weighted by atomic mass is 10.1. The number of sulfonamides is 1. The van der Waals surface area contributed by atoms with Gasteiger partial charge in [0.1, 0.15) is 11.6 Å². The topological polar surface area (TPSA) is 102 Å². The lowest BCUT2D eigenvalue weighted by molar-refractivity contribution is 0.384. The molecule has 1 aliphatic rings. The molecule has 39 heavy (non-hydrogen) atoms. The van der Waals surface area contributed by atoms with E-state index in [1.54, 1.807) is 48.5 Å². The number of rotatable bonds is 6. The molecule has 1 aromatic heterocycles. The largest absolute Gasteiger partial charge is 0.399 e. The molecular weight excluding hydrogens is 548 g/mol. The molecule has 3 aromatic carbocycles. The molecule has 202 valence electrons. The van der Waals surface area contributed by atoms with Gasteiger partial charge in [-0.2, -0.15) is 14.1 Å². The van der Waals surface area contributed by atoms with Crippen LogP contribution in [0.15, 0.2) is 77.7 Å². The number of piperazine rings is 1. The monoisotopic (exact) mass is 571 g/mol. The van der Waals surface area contributed by atoms with Crippen LogP contribution in [0.2, 0.25) is 5.02 Å². The van der Waals surface area contributed by atoms with Gasteiger partial charge >= 0.3 is 0 Å². The number of hydrogen-bond acceptors (Lipinski definition) is 6. The smallest absolute Gasteiger partial charge is 0.281 e. The Kier molecular flexibility index (Phi) is 7.39. The summed E-state index contributed by atoms with van der Waals surface area (Å²) in [6.45, 7) is 1.02. The van der Waals surface area contributed by atoms with Crippen LogP contribution < -0.4 is 16.2 Å². The normalized spacial score (nSPS) is 14.5.